The Hall–Kier alpha value is -3.47. The summed E-state index contributed by atoms with van der Waals surface area (Å²) in [5.74, 6) is 0. The minimum absolute atomic E-state index is 0.451. The van der Waals surface area contributed by atoms with Gasteiger partial charge in [0.25, 0.3) is 0 Å². The molecule has 0 radical (unpaired) electrons. The number of carbonyl (C=O) groups excluding carboxylic acids is 2. The van der Waals surface area contributed by atoms with Crippen molar-refractivity contribution in [3.05, 3.63) is 107 Å². The van der Waals surface area contributed by atoms with Gasteiger partial charge in [-0.25, -0.2) is 0 Å². The molecular formula is C28H20O4Ti. The molecule has 33 heavy (non-hydrogen) atoms. The molecule has 4 nitrogen and oxygen atoms in total. The van der Waals surface area contributed by atoms with Crippen molar-refractivity contribution in [2.75, 3.05) is 0 Å². The van der Waals surface area contributed by atoms with E-state index in [4.69, 9.17) is 6.64 Å². The second kappa shape index (κ2) is 7.84. The molecule has 0 spiro atoms. The standard InChI is InChI=1S/2C13H9.2CH2O2.Ti/c2*1-3-7-12-10(5-1)9-11-6-2-4-8-13(11)12;2*2-1-3;/h2*1-5,7-8H,9H2;2*1H,(H,2,3);/q;;;;+2/p-2. The molecule has 4 aromatic rings. The van der Waals surface area contributed by atoms with Gasteiger partial charge in [-0.15, -0.1) is 0 Å². The van der Waals surface area contributed by atoms with Gasteiger partial charge in [-0.2, -0.15) is 0 Å². The van der Waals surface area contributed by atoms with E-state index in [1.165, 1.54) is 22.3 Å². The minimum atomic E-state index is -4.38. The summed E-state index contributed by atoms with van der Waals surface area (Å²) >= 11 is -4.38. The Kier molecular flexibility index (Phi) is 4.79. The SMILES string of the molecule is O=C[O][Ti]([O]C=O)([c]1cccc2c1Cc1ccccc1-2)[c]1cccc2c1Cc1ccccc1-2. The van der Waals surface area contributed by atoms with Crippen LogP contribution in [0, 0.1) is 0 Å². The first-order chi connectivity index (χ1) is 16.3. The molecule has 0 saturated heterocycles. The van der Waals surface area contributed by atoms with E-state index in [9.17, 15) is 9.59 Å². The van der Waals surface area contributed by atoms with Gasteiger partial charge in [0, 0.05) is 0 Å². The summed E-state index contributed by atoms with van der Waals surface area (Å²) < 4.78 is 13.6. The van der Waals surface area contributed by atoms with E-state index in [0.29, 0.717) is 25.8 Å². The third kappa shape index (κ3) is 2.95. The van der Waals surface area contributed by atoms with E-state index in [0.717, 1.165) is 30.0 Å². The first kappa shape index (κ1) is 20.2. The fraction of sp³-hybridized carbons (Fsp3) is 0.0714. The summed E-state index contributed by atoms with van der Waals surface area (Å²) in [7, 11) is 0. The predicted molar refractivity (Wildman–Crippen MR) is 123 cm³/mol. The molecule has 160 valence electrons. The molecule has 0 aliphatic heterocycles. The van der Waals surface area contributed by atoms with Gasteiger partial charge in [-0.3, -0.25) is 0 Å². The van der Waals surface area contributed by atoms with Crippen LogP contribution in [0.4, 0.5) is 0 Å². The summed E-state index contributed by atoms with van der Waals surface area (Å²) in [5.41, 5.74) is 9.17. The summed E-state index contributed by atoms with van der Waals surface area (Å²) in [4.78, 5) is 23.8. The van der Waals surface area contributed by atoms with Crippen molar-refractivity contribution in [3.8, 4) is 22.3 Å². The van der Waals surface area contributed by atoms with Gasteiger partial charge in [0.1, 0.15) is 0 Å². The third-order valence-corrected chi connectivity index (χ3v) is 11.9. The zero-order chi connectivity index (χ0) is 22.4. The van der Waals surface area contributed by atoms with Crippen molar-refractivity contribution < 1.29 is 33.6 Å². The molecule has 0 aromatic heterocycles. The van der Waals surface area contributed by atoms with Crippen LogP contribution in [0.2, 0.25) is 0 Å². The first-order valence-corrected chi connectivity index (χ1v) is 13.7. The second-order valence-electron chi connectivity index (χ2n) is 8.38. The number of benzene rings is 4. The Morgan fingerprint density at radius 3 is 1.42 bits per heavy atom. The van der Waals surface area contributed by atoms with E-state index in [1.54, 1.807) is 0 Å². The summed E-state index contributed by atoms with van der Waals surface area (Å²) in [5, 5.41) is 0. The molecule has 4 aromatic carbocycles. The van der Waals surface area contributed by atoms with Gasteiger partial charge >= 0.3 is 197 Å². The third-order valence-electron chi connectivity index (χ3n) is 6.84. The molecule has 0 fully saturated rings. The molecule has 2 aliphatic carbocycles. The number of hydrogen-bond acceptors (Lipinski definition) is 4. The van der Waals surface area contributed by atoms with Crippen LogP contribution >= 0.6 is 0 Å². The van der Waals surface area contributed by atoms with E-state index in [2.05, 4.69) is 36.4 Å². The number of fused-ring (bicyclic) bond motifs is 6. The predicted octanol–water partition coefficient (Wildman–Crippen LogP) is 4.11. The van der Waals surface area contributed by atoms with Crippen molar-refractivity contribution in [1.29, 1.82) is 0 Å². The topological polar surface area (TPSA) is 52.6 Å². The molecule has 0 heterocycles. The van der Waals surface area contributed by atoms with Gasteiger partial charge in [0.2, 0.25) is 0 Å². The summed E-state index contributed by atoms with van der Waals surface area (Å²) in [6, 6.07) is 28.6. The Labute approximate surface area is 196 Å². The van der Waals surface area contributed by atoms with Crippen LogP contribution in [0.3, 0.4) is 0 Å². The van der Waals surface area contributed by atoms with Gasteiger partial charge in [0.15, 0.2) is 0 Å². The first-order valence-electron chi connectivity index (χ1n) is 10.9. The monoisotopic (exact) mass is 468 g/mol. The van der Waals surface area contributed by atoms with Crippen LogP contribution < -0.4 is 7.74 Å². The zero-order valence-electron chi connectivity index (χ0n) is 17.8. The quantitative estimate of drug-likeness (QED) is 0.273. The molecule has 5 heteroatoms. The molecule has 0 amide bonds. The van der Waals surface area contributed by atoms with Crippen molar-refractivity contribution in [2.45, 2.75) is 12.8 Å². The maximum atomic E-state index is 11.9. The Bertz CT molecular complexity index is 1320. The van der Waals surface area contributed by atoms with Crippen LogP contribution in [0.1, 0.15) is 22.3 Å². The number of rotatable bonds is 6. The molecule has 0 N–H and O–H groups in total. The van der Waals surface area contributed by atoms with Crippen LogP contribution in [-0.2, 0) is 46.4 Å². The fourth-order valence-corrected chi connectivity index (χ4v) is 10.2. The van der Waals surface area contributed by atoms with E-state index in [1.807, 2.05) is 48.5 Å². The number of carbonyl (C=O) groups is 2. The number of hydrogen-bond donors (Lipinski definition) is 0. The van der Waals surface area contributed by atoms with Gasteiger partial charge in [-0.05, 0) is 0 Å². The van der Waals surface area contributed by atoms with Crippen molar-refractivity contribution in [3.63, 3.8) is 0 Å². The average Bonchev–Trinajstić information content (AvgIpc) is 3.42. The molecule has 6 rings (SSSR count). The van der Waals surface area contributed by atoms with Gasteiger partial charge in [0.05, 0.1) is 0 Å². The van der Waals surface area contributed by atoms with Crippen LogP contribution in [-0.4, -0.2) is 12.9 Å². The van der Waals surface area contributed by atoms with Crippen LogP contribution in [0.5, 0.6) is 0 Å². The Morgan fingerprint density at radius 1 is 0.545 bits per heavy atom. The molecule has 2 aliphatic rings. The second-order valence-corrected chi connectivity index (χ2v) is 12.7. The van der Waals surface area contributed by atoms with E-state index in [-0.39, 0.29) is 0 Å². The summed E-state index contributed by atoms with van der Waals surface area (Å²) in [6.07, 6.45) is 1.43. The van der Waals surface area contributed by atoms with Crippen molar-refractivity contribution in [2.24, 2.45) is 0 Å². The van der Waals surface area contributed by atoms with Gasteiger partial charge in [-0.1, -0.05) is 0 Å². The fourth-order valence-electron chi connectivity index (χ4n) is 5.49. The van der Waals surface area contributed by atoms with Crippen molar-refractivity contribution >= 4 is 20.7 Å². The molecule has 0 atom stereocenters. The van der Waals surface area contributed by atoms with Gasteiger partial charge < -0.3 is 0 Å². The van der Waals surface area contributed by atoms with Crippen LogP contribution in [0.25, 0.3) is 22.3 Å². The summed E-state index contributed by atoms with van der Waals surface area (Å²) in [6.45, 7) is 0.902. The zero-order valence-corrected chi connectivity index (χ0v) is 19.3. The molecular weight excluding hydrogens is 448 g/mol. The average molecular weight is 468 g/mol. The van der Waals surface area contributed by atoms with E-state index >= 15 is 0 Å². The molecule has 0 saturated carbocycles. The van der Waals surface area contributed by atoms with Crippen LogP contribution in [0.15, 0.2) is 84.9 Å². The Morgan fingerprint density at radius 2 is 0.970 bits per heavy atom. The molecule has 0 bridgehead atoms. The normalized spacial score (nSPS) is 12.8. The Balaban J connectivity index is 1.61. The maximum absolute atomic E-state index is 11.9. The molecule has 0 unspecified atom stereocenters. The van der Waals surface area contributed by atoms with Crippen molar-refractivity contribution in [1.82, 2.24) is 0 Å². The van der Waals surface area contributed by atoms with E-state index < -0.39 is 17.4 Å².